The number of aryl methyl sites for hydroxylation is 1. The first-order valence-corrected chi connectivity index (χ1v) is 4.85. The summed E-state index contributed by atoms with van der Waals surface area (Å²) in [5.74, 6) is -0.0176. The molecule has 0 aliphatic carbocycles. The lowest BCUT2D eigenvalue weighted by atomic mass is 10.2. The minimum absolute atomic E-state index is 0.339. The van der Waals surface area contributed by atoms with Crippen LogP contribution in [0.4, 0.5) is 8.78 Å². The van der Waals surface area contributed by atoms with Crippen molar-refractivity contribution >= 4 is 0 Å². The summed E-state index contributed by atoms with van der Waals surface area (Å²) in [6, 6.07) is 10.3. The molecule has 2 aromatic carbocycles. The Balaban J connectivity index is 2.24. The molecule has 0 bridgehead atoms. The lowest BCUT2D eigenvalue weighted by Crippen LogP contribution is -1.88. The van der Waals surface area contributed by atoms with Gasteiger partial charge in [-0.3, -0.25) is 0 Å². The maximum Gasteiger partial charge on any atom is 0.130 e. The van der Waals surface area contributed by atoms with E-state index in [9.17, 15) is 8.78 Å². The van der Waals surface area contributed by atoms with Gasteiger partial charge in [0, 0.05) is 12.1 Å². The van der Waals surface area contributed by atoms with E-state index >= 15 is 0 Å². The Morgan fingerprint density at radius 3 is 2.38 bits per heavy atom. The van der Waals surface area contributed by atoms with Gasteiger partial charge in [0.1, 0.15) is 23.1 Å². The Morgan fingerprint density at radius 2 is 1.69 bits per heavy atom. The lowest BCUT2D eigenvalue weighted by molar-refractivity contribution is 0.471. The summed E-state index contributed by atoms with van der Waals surface area (Å²) in [6.45, 7) is 1.67. The third-order valence-corrected chi connectivity index (χ3v) is 2.18. The highest BCUT2D eigenvalue weighted by atomic mass is 19.1. The van der Waals surface area contributed by atoms with Crippen LogP contribution >= 0.6 is 0 Å². The molecule has 0 N–H and O–H groups in total. The van der Waals surface area contributed by atoms with Crippen molar-refractivity contribution in [2.45, 2.75) is 6.92 Å². The highest BCUT2D eigenvalue weighted by molar-refractivity contribution is 5.33. The fourth-order valence-electron chi connectivity index (χ4n) is 1.30. The van der Waals surface area contributed by atoms with Gasteiger partial charge < -0.3 is 4.74 Å². The van der Waals surface area contributed by atoms with Gasteiger partial charge in [0.2, 0.25) is 0 Å². The fraction of sp³-hybridized carbons (Fsp3) is 0.0769. The third kappa shape index (κ3) is 2.37. The Hall–Kier alpha value is -1.90. The summed E-state index contributed by atoms with van der Waals surface area (Å²) >= 11 is 0. The van der Waals surface area contributed by atoms with Crippen molar-refractivity contribution in [2.24, 2.45) is 0 Å². The van der Waals surface area contributed by atoms with Crippen LogP contribution in [-0.4, -0.2) is 0 Å². The molecule has 0 spiro atoms. The number of rotatable bonds is 2. The van der Waals surface area contributed by atoms with Crippen LogP contribution in [0.25, 0.3) is 0 Å². The van der Waals surface area contributed by atoms with Crippen LogP contribution in [0.2, 0.25) is 0 Å². The molecule has 0 heterocycles. The lowest BCUT2D eigenvalue weighted by Gasteiger charge is -2.06. The zero-order valence-corrected chi connectivity index (χ0v) is 8.71. The highest BCUT2D eigenvalue weighted by Crippen LogP contribution is 2.23. The predicted molar refractivity (Wildman–Crippen MR) is 57.6 cm³/mol. The molecule has 0 radical (unpaired) electrons. The molecule has 0 saturated carbocycles. The van der Waals surface area contributed by atoms with Crippen molar-refractivity contribution in [3.05, 3.63) is 59.7 Å². The van der Waals surface area contributed by atoms with E-state index in [1.54, 1.807) is 25.1 Å². The summed E-state index contributed by atoms with van der Waals surface area (Å²) in [5.41, 5.74) is 0.548. The minimum Gasteiger partial charge on any atom is -0.457 e. The molecule has 82 valence electrons. The van der Waals surface area contributed by atoms with E-state index in [2.05, 4.69) is 0 Å². The standard InChI is InChI=1S/C13H10F2O/c1-9-5-6-12(8-13(9)15)16-11-4-2-3-10(14)7-11/h2-8H,1H3. The van der Waals surface area contributed by atoms with Gasteiger partial charge in [-0.05, 0) is 30.7 Å². The predicted octanol–water partition coefficient (Wildman–Crippen LogP) is 4.07. The maximum atomic E-state index is 13.2. The summed E-state index contributed by atoms with van der Waals surface area (Å²) in [7, 11) is 0. The van der Waals surface area contributed by atoms with E-state index in [1.807, 2.05) is 0 Å². The Kier molecular flexibility index (Phi) is 2.86. The second kappa shape index (κ2) is 4.31. The summed E-state index contributed by atoms with van der Waals surface area (Å²) in [5, 5.41) is 0. The Labute approximate surface area is 92.3 Å². The van der Waals surface area contributed by atoms with Gasteiger partial charge in [-0.15, -0.1) is 0 Å². The van der Waals surface area contributed by atoms with Crippen molar-refractivity contribution in [1.29, 1.82) is 0 Å². The van der Waals surface area contributed by atoms with E-state index in [0.29, 0.717) is 17.1 Å². The first-order chi connectivity index (χ1) is 7.65. The first kappa shape index (κ1) is 10.6. The fourth-order valence-corrected chi connectivity index (χ4v) is 1.30. The van der Waals surface area contributed by atoms with Crippen LogP contribution in [-0.2, 0) is 0 Å². The molecule has 0 atom stereocenters. The van der Waals surface area contributed by atoms with Crippen LogP contribution < -0.4 is 4.74 Å². The van der Waals surface area contributed by atoms with Crippen LogP contribution in [0.5, 0.6) is 11.5 Å². The molecular formula is C13H10F2O. The highest BCUT2D eigenvalue weighted by Gasteiger charge is 2.02. The molecule has 0 saturated heterocycles. The van der Waals surface area contributed by atoms with Crippen molar-refractivity contribution in [1.82, 2.24) is 0 Å². The van der Waals surface area contributed by atoms with E-state index in [4.69, 9.17) is 4.74 Å². The quantitative estimate of drug-likeness (QED) is 0.741. The SMILES string of the molecule is Cc1ccc(Oc2cccc(F)c2)cc1F. The van der Waals surface area contributed by atoms with Crippen molar-refractivity contribution in [3.63, 3.8) is 0 Å². The summed E-state index contributed by atoms with van der Waals surface area (Å²) in [4.78, 5) is 0. The van der Waals surface area contributed by atoms with Crippen LogP contribution in [0.3, 0.4) is 0 Å². The van der Waals surface area contributed by atoms with E-state index in [1.165, 1.54) is 24.3 Å². The van der Waals surface area contributed by atoms with Crippen molar-refractivity contribution in [2.75, 3.05) is 0 Å². The molecule has 0 aliphatic heterocycles. The van der Waals surface area contributed by atoms with Crippen molar-refractivity contribution in [3.8, 4) is 11.5 Å². The average Bonchev–Trinajstić information content (AvgIpc) is 2.24. The molecule has 2 aromatic rings. The average molecular weight is 220 g/mol. The Bertz CT molecular complexity index is 509. The number of benzene rings is 2. The smallest absolute Gasteiger partial charge is 0.130 e. The second-order valence-electron chi connectivity index (χ2n) is 3.47. The van der Waals surface area contributed by atoms with E-state index < -0.39 is 0 Å². The van der Waals surface area contributed by atoms with Gasteiger partial charge in [0.25, 0.3) is 0 Å². The third-order valence-electron chi connectivity index (χ3n) is 2.18. The molecule has 0 amide bonds. The molecule has 0 aromatic heterocycles. The maximum absolute atomic E-state index is 13.2. The summed E-state index contributed by atoms with van der Waals surface area (Å²) in [6.07, 6.45) is 0. The van der Waals surface area contributed by atoms with Crippen molar-refractivity contribution < 1.29 is 13.5 Å². The zero-order valence-electron chi connectivity index (χ0n) is 8.71. The normalized spacial score (nSPS) is 10.2. The van der Waals surface area contributed by atoms with Crippen LogP contribution in [0.1, 0.15) is 5.56 Å². The molecule has 1 nitrogen and oxygen atoms in total. The summed E-state index contributed by atoms with van der Waals surface area (Å²) < 4.78 is 31.4. The number of hydrogen-bond donors (Lipinski definition) is 0. The van der Waals surface area contributed by atoms with Gasteiger partial charge in [-0.25, -0.2) is 8.78 Å². The van der Waals surface area contributed by atoms with Crippen LogP contribution in [0.15, 0.2) is 42.5 Å². The van der Waals surface area contributed by atoms with Gasteiger partial charge in [-0.2, -0.15) is 0 Å². The van der Waals surface area contributed by atoms with Crippen LogP contribution in [0, 0.1) is 18.6 Å². The number of halogens is 2. The molecule has 0 fully saturated rings. The molecule has 0 unspecified atom stereocenters. The largest absolute Gasteiger partial charge is 0.457 e. The molecule has 16 heavy (non-hydrogen) atoms. The van der Waals surface area contributed by atoms with E-state index in [0.717, 1.165) is 0 Å². The molecule has 2 rings (SSSR count). The first-order valence-electron chi connectivity index (χ1n) is 4.85. The minimum atomic E-state index is -0.384. The second-order valence-corrected chi connectivity index (χ2v) is 3.47. The topological polar surface area (TPSA) is 9.23 Å². The molecule has 3 heteroatoms. The van der Waals surface area contributed by atoms with Gasteiger partial charge >= 0.3 is 0 Å². The van der Waals surface area contributed by atoms with Gasteiger partial charge in [-0.1, -0.05) is 12.1 Å². The zero-order chi connectivity index (χ0) is 11.5. The van der Waals surface area contributed by atoms with Gasteiger partial charge in [0.05, 0.1) is 0 Å². The monoisotopic (exact) mass is 220 g/mol. The van der Waals surface area contributed by atoms with Gasteiger partial charge in [0.15, 0.2) is 0 Å². The molecule has 0 aliphatic rings. The number of ether oxygens (including phenoxy) is 1. The molecular weight excluding hydrogens is 210 g/mol. The Morgan fingerprint density at radius 1 is 0.938 bits per heavy atom. The number of hydrogen-bond acceptors (Lipinski definition) is 1. The van der Waals surface area contributed by atoms with E-state index in [-0.39, 0.29) is 11.6 Å².